The highest BCUT2D eigenvalue weighted by Gasteiger charge is 1.97. The largest absolute Gasteiger partial charge is 0.397 e. The van der Waals surface area contributed by atoms with Gasteiger partial charge in [0.15, 0.2) is 0 Å². The van der Waals surface area contributed by atoms with Crippen molar-refractivity contribution in [2.45, 2.75) is 20.3 Å². The molecule has 0 aliphatic carbocycles. The van der Waals surface area contributed by atoms with Gasteiger partial charge in [0.25, 0.3) is 0 Å². The van der Waals surface area contributed by atoms with Crippen molar-refractivity contribution in [3.05, 3.63) is 18.5 Å². The van der Waals surface area contributed by atoms with Crippen molar-refractivity contribution in [2.24, 2.45) is 5.92 Å². The van der Waals surface area contributed by atoms with E-state index in [1.807, 2.05) is 0 Å². The molecule has 0 saturated carbocycles. The molecule has 0 radical (unpaired) electrons. The Bertz CT molecular complexity index is 258. The summed E-state index contributed by atoms with van der Waals surface area (Å²) in [5.41, 5.74) is 7.43. The first-order valence-electron chi connectivity index (χ1n) is 4.63. The zero-order valence-corrected chi connectivity index (χ0v) is 8.25. The van der Waals surface area contributed by atoms with Gasteiger partial charge < -0.3 is 11.1 Å². The average Bonchev–Trinajstić information content (AvgIpc) is 2.08. The summed E-state index contributed by atoms with van der Waals surface area (Å²) in [5.74, 6) is 0.713. The van der Waals surface area contributed by atoms with E-state index in [-0.39, 0.29) is 0 Å². The van der Waals surface area contributed by atoms with E-state index < -0.39 is 0 Å². The van der Waals surface area contributed by atoms with Crippen LogP contribution in [0.15, 0.2) is 18.5 Å². The molecule has 0 saturated heterocycles. The fraction of sp³-hybridized carbons (Fsp3) is 0.500. The Balaban J connectivity index is 2.41. The first kappa shape index (κ1) is 9.84. The highest BCUT2D eigenvalue weighted by molar-refractivity contribution is 5.63. The fourth-order valence-corrected chi connectivity index (χ4v) is 1.05. The van der Waals surface area contributed by atoms with Gasteiger partial charge in [-0.25, -0.2) is 0 Å². The number of nitrogen functional groups attached to an aromatic ring is 1. The number of hydrogen-bond donors (Lipinski definition) is 2. The molecule has 3 N–H and O–H groups in total. The van der Waals surface area contributed by atoms with Crippen molar-refractivity contribution in [1.29, 1.82) is 0 Å². The molecule has 13 heavy (non-hydrogen) atoms. The van der Waals surface area contributed by atoms with Gasteiger partial charge in [0, 0.05) is 12.7 Å². The molecule has 72 valence electrons. The monoisotopic (exact) mass is 179 g/mol. The molecule has 0 aliphatic heterocycles. The lowest BCUT2D eigenvalue weighted by Gasteiger charge is -2.09. The highest BCUT2D eigenvalue weighted by Crippen LogP contribution is 2.15. The average molecular weight is 179 g/mol. The minimum atomic E-state index is 0.713. The zero-order chi connectivity index (χ0) is 9.68. The Kier molecular flexibility index (Phi) is 3.55. The maximum atomic E-state index is 5.73. The Morgan fingerprint density at radius 3 is 2.92 bits per heavy atom. The number of aromatic nitrogens is 1. The first-order chi connectivity index (χ1) is 6.20. The summed E-state index contributed by atoms with van der Waals surface area (Å²) in [5, 5.41) is 3.26. The van der Waals surface area contributed by atoms with E-state index in [4.69, 9.17) is 5.73 Å². The molecule has 0 fully saturated rings. The number of nitrogens with one attached hydrogen (secondary N) is 1. The van der Waals surface area contributed by atoms with Gasteiger partial charge in [-0.1, -0.05) is 13.8 Å². The maximum Gasteiger partial charge on any atom is 0.0760 e. The Morgan fingerprint density at radius 2 is 2.31 bits per heavy atom. The Labute approximate surface area is 79.4 Å². The van der Waals surface area contributed by atoms with Crippen LogP contribution >= 0.6 is 0 Å². The van der Waals surface area contributed by atoms with E-state index in [9.17, 15) is 0 Å². The summed E-state index contributed by atoms with van der Waals surface area (Å²) in [7, 11) is 0. The Morgan fingerprint density at radius 1 is 1.54 bits per heavy atom. The molecule has 0 bridgehead atoms. The van der Waals surface area contributed by atoms with Crippen LogP contribution < -0.4 is 11.1 Å². The summed E-state index contributed by atoms with van der Waals surface area (Å²) in [6.07, 6.45) is 4.60. The van der Waals surface area contributed by atoms with E-state index in [2.05, 4.69) is 24.1 Å². The molecule has 3 nitrogen and oxygen atoms in total. The highest BCUT2D eigenvalue weighted by atomic mass is 14.9. The molecule has 0 unspecified atom stereocenters. The predicted octanol–water partition coefficient (Wildman–Crippen LogP) is 2.12. The lowest BCUT2D eigenvalue weighted by atomic mass is 10.1. The van der Waals surface area contributed by atoms with Crippen LogP contribution in [-0.2, 0) is 0 Å². The van der Waals surface area contributed by atoms with Crippen LogP contribution in [-0.4, -0.2) is 11.5 Å². The normalized spacial score (nSPS) is 10.4. The predicted molar refractivity (Wildman–Crippen MR) is 56.6 cm³/mol. The van der Waals surface area contributed by atoms with Crippen LogP contribution in [0.4, 0.5) is 11.4 Å². The zero-order valence-electron chi connectivity index (χ0n) is 8.25. The van der Waals surface area contributed by atoms with E-state index >= 15 is 0 Å². The van der Waals surface area contributed by atoms with Crippen LogP contribution in [0.2, 0.25) is 0 Å². The fourth-order valence-electron chi connectivity index (χ4n) is 1.05. The van der Waals surface area contributed by atoms with Crippen LogP contribution in [0.25, 0.3) is 0 Å². The first-order valence-corrected chi connectivity index (χ1v) is 4.63. The summed E-state index contributed by atoms with van der Waals surface area (Å²) in [6.45, 7) is 5.36. The van der Waals surface area contributed by atoms with Crippen molar-refractivity contribution in [2.75, 3.05) is 17.6 Å². The van der Waals surface area contributed by atoms with E-state index in [0.29, 0.717) is 5.92 Å². The van der Waals surface area contributed by atoms with E-state index in [1.165, 1.54) is 0 Å². The van der Waals surface area contributed by atoms with Gasteiger partial charge in [-0.2, -0.15) is 0 Å². The van der Waals surface area contributed by atoms with Crippen molar-refractivity contribution in [3.8, 4) is 0 Å². The molecule has 3 heteroatoms. The molecule has 0 atom stereocenters. The number of hydrogen-bond acceptors (Lipinski definition) is 3. The van der Waals surface area contributed by atoms with Crippen LogP contribution in [0.3, 0.4) is 0 Å². The second kappa shape index (κ2) is 4.70. The molecule has 0 amide bonds. The maximum absolute atomic E-state index is 5.73. The summed E-state index contributed by atoms with van der Waals surface area (Å²) in [6, 6.07) is 1.80. The summed E-state index contributed by atoms with van der Waals surface area (Å²) in [4.78, 5) is 4.00. The molecular weight excluding hydrogens is 162 g/mol. The topological polar surface area (TPSA) is 50.9 Å². The quantitative estimate of drug-likeness (QED) is 0.744. The van der Waals surface area contributed by atoms with E-state index in [1.54, 1.807) is 18.5 Å². The standard InChI is InChI=1S/C10H17N3/c1-8(2)3-6-13-10-7-12-5-4-9(10)11/h4-5,7-8,13H,3,6H2,1-2H3,(H2,11,12). The van der Waals surface area contributed by atoms with Crippen LogP contribution in [0.5, 0.6) is 0 Å². The molecule has 0 aromatic carbocycles. The molecular formula is C10H17N3. The molecule has 1 aromatic heterocycles. The van der Waals surface area contributed by atoms with E-state index in [0.717, 1.165) is 24.3 Å². The van der Waals surface area contributed by atoms with Gasteiger partial charge in [0.2, 0.25) is 0 Å². The van der Waals surface area contributed by atoms with Crippen molar-refractivity contribution < 1.29 is 0 Å². The van der Waals surface area contributed by atoms with Crippen LogP contribution in [0, 0.1) is 5.92 Å². The third kappa shape index (κ3) is 3.32. The summed E-state index contributed by atoms with van der Waals surface area (Å²) >= 11 is 0. The molecule has 1 rings (SSSR count). The number of nitrogens with two attached hydrogens (primary N) is 1. The SMILES string of the molecule is CC(C)CCNc1cnccc1N. The van der Waals surface area contributed by atoms with Gasteiger partial charge in [0.05, 0.1) is 17.6 Å². The number of rotatable bonds is 4. The van der Waals surface area contributed by atoms with Gasteiger partial charge in [-0.15, -0.1) is 0 Å². The van der Waals surface area contributed by atoms with Crippen molar-refractivity contribution in [1.82, 2.24) is 4.98 Å². The van der Waals surface area contributed by atoms with Gasteiger partial charge in [-0.05, 0) is 18.4 Å². The Hall–Kier alpha value is -1.25. The van der Waals surface area contributed by atoms with Crippen molar-refractivity contribution in [3.63, 3.8) is 0 Å². The smallest absolute Gasteiger partial charge is 0.0760 e. The van der Waals surface area contributed by atoms with Crippen LogP contribution in [0.1, 0.15) is 20.3 Å². The second-order valence-corrected chi connectivity index (χ2v) is 3.57. The lowest BCUT2D eigenvalue weighted by molar-refractivity contribution is 0.607. The molecule has 0 spiro atoms. The lowest BCUT2D eigenvalue weighted by Crippen LogP contribution is -2.06. The number of nitrogens with zero attached hydrogens (tertiary/aromatic N) is 1. The second-order valence-electron chi connectivity index (χ2n) is 3.57. The van der Waals surface area contributed by atoms with Crippen molar-refractivity contribution >= 4 is 11.4 Å². The number of anilines is 2. The summed E-state index contributed by atoms with van der Waals surface area (Å²) < 4.78 is 0. The molecule has 0 aliphatic rings. The third-order valence-electron chi connectivity index (χ3n) is 1.89. The molecule has 1 heterocycles. The van der Waals surface area contributed by atoms with Gasteiger partial charge in [-0.3, -0.25) is 4.98 Å². The minimum absolute atomic E-state index is 0.713. The minimum Gasteiger partial charge on any atom is -0.397 e. The number of pyridine rings is 1. The van der Waals surface area contributed by atoms with Gasteiger partial charge in [0.1, 0.15) is 0 Å². The third-order valence-corrected chi connectivity index (χ3v) is 1.89. The molecule has 1 aromatic rings. The van der Waals surface area contributed by atoms with Gasteiger partial charge >= 0.3 is 0 Å².